The van der Waals surface area contributed by atoms with Crippen molar-refractivity contribution in [3.05, 3.63) is 35.6 Å². The Balaban J connectivity index is 1.59. The maximum absolute atomic E-state index is 13.3. The van der Waals surface area contributed by atoms with Crippen LogP contribution in [0.3, 0.4) is 0 Å². The third kappa shape index (κ3) is 4.29. The molecule has 1 aliphatic rings. The van der Waals surface area contributed by atoms with Gasteiger partial charge >= 0.3 is 5.97 Å². The third-order valence-corrected chi connectivity index (χ3v) is 2.99. The summed E-state index contributed by atoms with van der Waals surface area (Å²) in [7, 11) is 0. The maximum Gasteiger partial charge on any atom is 0.335 e. The Bertz CT molecular complexity index is 419. The van der Waals surface area contributed by atoms with Crippen LogP contribution in [-0.4, -0.2) is 31.8 Å². The van der Waals surface area contributed by atoms with Crippen molar-refractivity contribution in [2.75, 3.05) is 19.8 Å². The van der Waals surface area contributed by atoms with Gasteiger partial charge in [-0.2, -0.15) is 0 Å². The lowest BCUT2D eigenvalue weighted by Gasteiger charge is -2.10. The predicted octanol–water partition coefficient (Wildman–Crippen LogP) is 1.64. The monoisotopic (exact) mass is 267 g/mol. The standard InChI is InChI=1S/C14H18FNO3/c15-12-5-2-1-4-11(12)10-16-7-9-19-14(17)13-6-3-8-18-13/h1-2,4-5,13,16H,3,6-10H2. The number of benzene rings is 1. The van der Waals surface area contributed by atoms with Gasteiger partial charge in [-0.3, -0.25) is 0 Å². The van der Waals surface area contributed by atoms with E-state index in [4.69, 9.17) is 9.47 Å². The molecule has 1 aromatic rings. The van der Waals surface area contributed by atoms with Crippen LogP contribution in [0.1, 0.15) is 18.4 Å². The number of halogens is 1. The average molecular weight is 267 g/mol. The quantitative estimate of drug-likeness (QED) is 0.629. The number of hydrogen-bond donors (Lipinski definition) is 1. The molecular formula is C14H18FNO3. The molecule has 0 saturated carbocycles. The number of hydrogen-bond acceptors (Lipinski definition) is 4. The summed E-state index contributed by atoms with van der Waals surface area (Å²) in [5, 5.41) is 3.03. The van der Waals surface area contributed by atoms with Gasteiger partial charge in [-0.15, -0.1) is 0 Å². The number of ether oxygens (including phenoxy) is 2. The van der Waals surface area contributed by atoms with Crippen LogP contribution in [0.25, 0.3) is 0 Å². The minimum Gasteiger partial charge on any atom is -0.462 e. The summed E-state index contributed by atoms with van der Waals surface area (Å²) in [5.41, 5.74) is 0.605. The molecule has 1 heterocycles. The summed E-state index contributed by atoms with van der Waals surface area (Å²) in [6.07, 6.45) is 1.25. The fourth-order valence-corrected chi connectivity index (χ4v) is 1.95. The first-order chi connectivity index (χ1) is 9.27. The van der Waals surface area contributed by atoms with Gasteiger partial charge in [-0.05, 0) is 18.9 Å². The molecule has 5 heteroatoms. The van der Waals surface area contributed by atoms with Gasteiger partial charge in [0.25, 0.3) is 0 Å². The molecule has 19 heavy (non-hydrogen) atoms. The van der Waals surface area contributed by atoms with E-state index < -0.39 is 6.10 Å². The van der Waals surface area contributed by atoms with E-state index in [9.17, 15) is 9.18 Å². The fraction of sp³-hybridized carbons (Fsp3) is 0.500. The van der Waals surface area contributed by atoms with Crippen molar-refractivity contribution in [3.63, 3.8) is 0 Å². The van der Waals surface area contributed by atoms with Crippen LogP contribution in [0.15, 0.2) is 24.3 Å². The summed E-state index contributed by atoms with van der Waals surface area (Å²) < 4.78 is 23.6. The lowest BCUT2D eigenvalue weighted by molar-refractivity contribution is -0.154. The molecule has 1 fully saturated rings. The molecule has 104 valence electrons. The average Bonchev–Trinajstić information content (AvgIpc) is 2.94. The first kappa shape index (κ1) is 14.0. The number of nitrogens with one attached hydrogen (secondary N) is 1. The van der Waals surface area contributed by atoms with E-state index in [1.807, 2.05) is 0 Å². The van der Waals surface area contributed by atoms with Gasteiger partial charge in [0.2, 0.25) is 0 Å². The summed E-state index contributed by atoms with van der Waals surface area (Å²) in [5.74, 6) is -0.531. The minimum atomic E-state index is -0.397. The maximum atomic E-state index is 13.3. The van der Waals surface area contributed by atoms with Crippen LogP contribution in [0, 0.1) is 5.82 Å². The van der Waals surface area contributed by atoms with Gasteiger partial charge in [0.15, 0.2) is 6.10 Å². The number of rotatable bonds is 6. The SMILES string of the molecule is O=C(OCCNCc1ccccc1F)C1CCCO1. The molecule has 1 unspecified atom stereocenters. The smallest absolute Gasteiger partial charge is 0.335 e. The van der Waals surface area contributed by atoms with Crippen molar-refractivity contribution in [2.45, 2.75) is 25.5 Å². The van der Waals surface area contributed by atoms with E-state index in [2.05, 4.69) is 5.32 Å². The highest BCUT2D eigenvalue weighted by Gasteiger charge is 2.24. The molecule has 1 atom stereocenters. The lowest BCUT2D eigenvalue weighted by Crippen LogP contribution is -2.27. The highest BCUT2D eigenvalue weighted by atomic mass is 19.1. The Labute approximate surface area is 111 Å². The second-order valence-electron chi connectivity index (χ2n) is 4.44. The number of esters is 1. The molecule has 1 saturated heterocycles. The first-order valence-electron chi connectivity index (χ1n) is 6.50. The lowest BCUT2D eigenvalue weighted by atomic mass is 10.2. The Kier molecular flexibility index (Phi) is 5.30. The van der Waals surface area contributed by atoms with Crippen molar-refractivity contribution in [1.82, 2.24) is 5.32 Å². The fourth-order valence-electron chi connectivity index (χ4n) is 1.95. The number of carbonyl (C=O) groups is 1. The van der Waals surface area contributed by atoms with Gasteiger partial charge < -0.3 is 14.8 Å². The molecule has 0 bridgehead atoms. The summed E-state index contributed by atoms with van der Waals surface area (Å²) in [6, 6.07) is 6.59. The highest BCUT2D eigenvalue weighted by molar-refractivity contribution is 5.74. The molecule has 0 amide bonds. The van der Waals surface area contributed by atoms with Gasteiger partial charge in [-0.25, -0.2) is 9.18 Å². The molecule has 4 nitrogen and oxygen atoms in total. The van der Waals surface area contributed by atoms with E-state index in [-0.39, 0.29) is 18.4 Å². The molecule has 1 N–H and O–H groups in total. The van der Waals surface area contributed by atoms with E-state index in [1.54, 1.807) is 18.2 Å². The molecule has 1 aliphatic heterocycles. The van der Waals surface area contributed by atoms with Crippen LogP contribution in [0.5, 0.6) is 0 Å². The van der Waals surface area contributed by atoms with Crippen LogP contribution < -0.4 is 5.32 Å². The Hall–Kier alpha value is -1.46. The van der Waals surface area contributed by atoms with Crippen molar-refractivity contribution in [1.29, 1.82) is 0 Å². The van der Waals surface area contributed by atoms with Crippen molar-refractivity contribution < 1.29 is 18.7 Å². The summed E-state index contributed by atoms with van der Waals surface area (Å²) >= 11 is 0. The van der Waals surface area contributed by atoms with Gasteiger partial charge in [0.1, 0.15) is 12.4 Å². The van der Waals surface area contributed by atoms with Gasteiger partial charge in [0.05, 0.1) is 0 Å². The molecular weight excluding hydrogens is 249 g/mol. The molecule has 0 radical (unpaired) electrons. The number of carbonyl (C=O) groups excluding carboxylic acids is 1. The van der Waals surface area contributed by atoms with E-state index in [1.165, 1.54) is 6.07 Å². The largest absolute Gasteiger partial charge is 0.462 e. The van der Waals surface area contributed by atoms with E-state index >= 15 is 0 Å². The highest BCUT2D eigenvalue weighted by Crippen LogP contribution is 2.13. The minimum absolute atomic E-state index is 0.230. The Morgan fingerprint density at radius 1 is 1.47 bits per heavy atom. The van der Waals surface area contributed by atoms with Gasteiger partial charge in [0, 0.05) is 25.3 Å². The van der Waals surface area contributed by atoms with Crippen molar-refractivity contribution in [2.24, 2.45) is 0 Å². The van der Waals surface area contributed by atoms with Crippen LogP contribution in [-0.2, 0) is 20.8 Å². The Morgan fingerprint density at radius 3 is 3.05 bits per heavy atom. The second kappa shape index (κ2) is 7.21. The zero-order valence-corrected chi connectivity index (χ0v) is 10.7. The third-order valence-electron chi connectivity index (χ3n) is 2.99. The molecule has 2 rings (SSSR count). The van der Waals surface area contributed by atoms with Crippen molar-refractivity contribution in [3.8, 4) is 0 Å². The zero-order valence-electron chi connectivity index (χ0n) is 10.7. The summed E-state index contributed by atoms with van der Waals surface area (Å²) in [4.78, 5) is 11.5. The molecule has 0 aromatic heterocycles. The van der Waals surface area contributed by atoms with Crippen LogP contribution >= 0.6 is 0 Å². The van der Waals surface area contributed by atoms with Crippen molar-refractivity contribution >= 4 is 5.97 Å². The second-order valence-corrected chi connectivity index (χ2v) is 4.44. The van der Waals surface area contributed by atoms with Crippen LogP contribution in [0.2, 0.25) is 0 Å². The van der Waals surface area contributed by atoms with E-state index in [0.717, 1.165) is 12.8 Å². The summed E-state index contributed by atoms with van der Waals surface area (Å²) in [6.45, 7) is 1.81. The first-order valence-corrected chi connectivity index (χ1v) is 6.50. The van der Waals surface area contributed by atoms with E-state index in [0.29, 0.717) is 25.3 Å². The zero-order chi connectivity index (χ0) is 13.5. The molecule has 0 spiro atoms. The van der Waals surface area contributed by atoms with Gasteiger partial charge in [-0.1, -0.05) is 18.2 Å². The Morgan fingerprint density at radius 2 is 2.32 bits per heavy atom. The molecule has 0 aliphatic carbocycles. The topological polar surface area (TPSA) is 47.6 Å². The van der Waals surface area contributed by atoms with Crippen LogP contribution in [0.4, 0.5) is 4.39 Å². The molecule has 1 aromatic carbocycles. The predicted molar refractivity (Wildman–Crippen MR) is 68.0 cm³/mol. The normalized spacial score (nSPS) is 18.5.